The SMILES string of the molecule is CCCOc1ccc(NCCNc2ccccc2C(C)C)cc1. The Balaban J connectivity index is 1.77. The zero-order chi connectivity index (χ0) is 16.5. The molecule has 0 bridgehead atoms. The third-order valence-corrected chi connectivity index (χ3v) is 3.68. The van der Waals surface area contributed by atoms with Crippen molar-refractivity contribution >= 4 is 11.4 Å². The van der Waals surface area contributed by atoms with Gasteiger partial charge in [-0.15, -0.1) is 0 Å². The van der Waals surface area contributed by atoms with Crippen molar-refractivity contribution < 1.29 is 4.74 Å². The maximum Gasteiger partial charge on any atom is 0.119 e. The van der Waals surface area contributed by atoms with Gasteiger partial charge in [0.2, 0.25) is 0 Å². The first-order valence-electron chi connectivity index (χ1n) is 8.50. The van der Waals surface area contributed by atoms with Gasteiger partial charge in [0.1, 0.15) is 5.75 Å². The quantitative estimate of drug-likeness (QED) is 0.630. The van der Waals surface area contributed by atoms with Crippen LogP contribution in [0.25, 0.3) is 0 Å². The fraction of sp³-hybridized carbons (Fsp3) is 0.400. The topological polar surface area (TPSA) is 33.3 Å². The van der Waals surface area contributed by atoms with Crippen LogP contribution in [-0.4, -0.2) is 19.7 Å². The van der Waals surface area contributed by atoms with Crippen LogP contribution < -0.4 is 15.4 Å². The zero-order valence-electron chi connectivity index (χ0n) is 14.4. The molecule has 0 aliphatic heterocycles. The molecule has 3 nitrogen and oxygen atoms in total. The molecule has 0 radical (unpaired) electrons. The second-order valence-electron chi connectivity index (χ2n) is 5.97. The highest BCUT2D eigenvalue weighted by Crippen LogP contribution is 2.23. The van der Waals surface area contributed by atoms with Crippen LogP contribution in [0.5, 0.6) is 5.75 Å². The van der Waals surface area contributed by atoms with Gasteiger partial charge in [0, 0.05) is 24.5 Å². The third-order valence-electron chi connectivity index (χ3n) is 3.68. The van der Waals surface area contributed by atoms with Crippen LogP contribution in [-0.2, 0) is 0 Å². The molecule has 0 saturated heterocycles. The molecular weight excluding hydrogens is 284 g/mol. The highest BCUT2D eigenvalue weighted by Gasteiger charge is 2.04. The molecule has 2 rings (SSSR count). The predicted octanol–water partition coefficient (Wildman–Crippen LogP) is 5.12. The Morgan fingerprint density at radius 2 is 1.61 bits per heavy atom. The average molecular weight is 312 g/mol. The second kappa shape index (κ2) is 9.09. The maximum absolute atomic E-state index is 5.59. The maximum atomic E-state index is 5.59. The number of benzene rings is 2. The van der Waals surface area contributed by atoms with Crippen molar-refractivity contribution in [2.45, 2.75) is 33.1 Å². The molecule has 0 unspecified atom stereocenters. The largest absolute Gasteiger partial charge is 0.494 e. The lowest BCUT2D eigenvalue weighted by Crippen LogP contribution is -2.14. The summed E-state index contributed by atoms with van der Waals surface area (Å²) in [5.74, 6) is 1.46. The van der Waals surface area contributed by atoms with Crippen LogP contribution in [0.15, 0.2) is 48.5 Å². The first-order valence-corrected chi connectivity index (χ1v) is 8.50. The number of ether oxygens (including phenoxy) is 1. The fourth-order valence-corrected chi connectivity index (χ4v) is 2.45. The number of rotatable bonds is 9. The van der Waals surface area contributed by atoms with Crippen LogP contribution >= 0.6 is 0 Å². The summed E-state index contributed by atoms with van der Waals surface area (Å²) in [5, 5.41) is 6.95. The van der Waals surface area contributed by atoms with Crippen molar-refractivity contribution in [1.29, 1.82) is 0 Å². The normalized spacial score (nSPS) is 10.6. The first kappa shape index (κ1) is 17.2. The smallest absolute Gasteiger partial charge is 0.119 e. The van der Waals surface area contributed by atoms with Gasteiger partial charge in [-0.2, -0.15) is 0 Å². The van der Waals surface area contributed by atoms with E-state index < -0.39 is 0 Å². The van der Waals surface area contributed by atoms with Crippen molar-refractivity contribution in [2.75, 3.05) is 30.3 Å². The summed E-state index contributed by atoms with van der Waals surface area (Å²) in [6, 6.07) is 16.7. The molecule has 0 atom stereocenters. The van der Waals surface area contributed by atoms with E-state index in [-0.39, 0.29) is 0 Å². The predicted molar refractivity (Wildman–Crippen MR) is 99.7 cm³/mol. The van der Waals surface area contributed by atoms with E-state index in [9.17, 15) is 0 Å². The number of nitrogens with one attached hydrogen (secondary N) is 2. The second-order valence-corrected chi connectivity index (χ2v) is 5.97. The van der Waals surface area contributed by atoms with E-state index >= 15 is 0 Å². The Labute approximate surface area is 140 Å². The van der Waals surface area contributed by atoms with Gasteiger partial charge >= 0.3 is 0 Å². The summed E-state index contributed by atoms with van der Waals surface area (Å²) in [5.41, 5.74) is 3.71. The minimum absolute atomic E-state index is 0.530. The lowest BCUT2D eigenvalue weighted by atomic mass is 10.0. The zero-order valence-corrected chi connectivity index (χ0v) is 14.4. The Morgan fingerprint density at radius 3 is 2.30 bits per heavy atom. The van der Waals surface area contributed by atoms with Crippen molar-refractivity contribution in [3.05, 3.63) is 54.1 Å². The van der Waals surface area contributed by atoms with E-state index in [2.05, 4.69) is 67.8 Å². The molecule has 0 aromatic heterocycles. The summed E-state index contributed by atoms with van der Waals surface area (Å²) in [7, 11) is 0. The summed E-state index contributed by atoms with van der Waals surface area (Å²) < 4.78 is 5.59. The molecule has 23 heavy (non-hydrogen) atoms. The molecule has 0 fully saturated rings. The summed E-state index contributed by atoms with van der Waals surface area (Å²) in [4.78, 5) is 0. The van der Waals surface area contributed by atoms with Crippen LogP contribution in [0, 0.1) is 0 Å². The minimum atomic E-state index is 0.530. The average Bonchev–Trinajstić information content (AvgIpc) is 2.58. The molecule has 0 aliphatic carbocycles. The van der Waals surface area contributed by atoms with Crippen molar-refractivity contribution in [3.63, 3.8) is 0 Å². The molecule has 0 saturated carbocycles. The van der Waals surface area contributed by atoms with Gasteiger partial charge in [0.15, 0.2) is 0 Å². The molecule has 0 spiro atoms. The standard InChI is InChI=1S/C20H28N2O/c1-4-15-23-18-11-9-17(10-12-18)21-13-14-22-20-8-6-5-7-19(20)16(2)3/h5-12,16,21-22H,4,13-15H2,1-3H3. The minimum Gasteiger partial charge on any atom is -0.494 e. The highest BCUT2D eigenvalue weighted by molar-refractivity contribution is 5.53. The van der Waals surface area contributed by atoms with Crippen molar-refractivity contribution in [2.24, 2.45) is 0 Å². The fourth-order valence-electron chi connectivity index (χ4n) is 2.45. The van der Waals surface area contributed by atoms with Gasteiger partial charge in [-0.1, -0.05) is 39.0 Å². The molecule has 0 heterocycles. The number of para-hydroxylation sites is 1. The Morgan fingerprint density at radius 1 is 0.913 bits per heavy atom. The van der Waals surface area contributed by atoms with Crippen LogP contribution in [0.3, 0.4) is 0 Å². The van der Waals surface area contributed by atoms with E-state index in [4.69, 9.17) is 4.74 Å². The van der Waals surface area contributed by atoms with Crippen LogP contribution in [0.2, 0.25) is 0 Å². The first-order chi connectivity index (χ1) is 11.2. The molecule has 2 aromatic rings. The third kappa shape index (κ3) is 5.51. The van der Waals surface area contributed by atoms with Gasteiger partial charge in [-0.25, -0.2) is 0 Å². The van der Waals surface area contributed by atoms with E-state index in [1.54, 1.807) is 0 Å². The Hall–Kier alpha value is -2.16. The molecule has 0 amide bonds. The molecule has 124 valence electrons. The Kier molecular flexibility index (Phi) is 6.79. The highest BCUT2D eigenvalue weighted by atomic mass is 16.5. The molecular formula is C20H28N2O. The Bertz CT molecular complexity index is 578. The van der Waals surface area contributed by atoms with Gasteiger partial charge in [0.25, 0.3) is 0 Å². The number of anilines is 2. The molecule has 2 aromatic carbocycles. The van der Waals surface area contributed by atoms with Crippen molar-refractivity contribution in [3.8, 4) is 5.75 Å². The van der Waals surface area contributed by atoms with Gasteiger partial charge in [-0.3, -0.25) is 0 Å². The van der Waals surface area contributed by atoms with E-state index in [0.717, 1.165) is 37.6 Å². The lowest BCUT2D eigenvalue weighted by Gasteiger charge is -2.15. The van der Waals surface area contributed by atoms with Crippen molar-refractivity contribution in [1.82, 2.24) is 0 Å². The van der Waals surface area contributed by atoms with E-state index in [1.165, 1.54) is 11.3 Å². The molecule has 2 N–H and O–H groups in total. The van der Waals surface area contributed by atoms with E-state index in [0.29, 0.717) is 5.92 Å². The van der Waals surface area contributed by atoms with Gasteiger partial charge < -0.3 is 15.4 Å². The summed E-state index contributed by atoms with van der Waals surface area (Å²) in [6.07, 6.45) is 1.03. The van der Waals surface area contributed by atoms with Gasteiger partial charge in [0.05, 0.1) is 6.61 Å². The monoisotopic (exact) mass is 312 g/mol. The lowest BCUT2D eigenvalue weighted by molar-refractivity contribution is 0.317. The van der Waals surface area contributed by atoms with E-state index in [1.807, 2.05) is 12.1 Å². The molecule has 3 heteroatoms. The molecule has 0 aliphatic rings. The van der Waals surface area contributed by atoms with Crippen LogP contribution in [0.4, 0.5) is 11.4 Å². The summed E-state index contributed by atoms with van der Waals surface area (Å²) in [6.45, 7) is 9.09. The van der Waals surface area contributed by atoms with Crippen LogP contribution in [0.1, 0.15) is 38.7 Å². The van der Waals surface area contributed by atoms with Gasteiger partial charge in [-0.05, 0) is 48.2 Å². The number of hydrogen-bond acceptors (Lipinski definition) is 3. The summed E-state index contributed by atoms with van der Waals surface area (Å²) >= 11 is 0. The number of hydrogen-bond donors (Lipinski definition) is 2.